The minimum absolute atomic E-state index is 0.299. The Morgan fingerprint density at radius 1 is 1.24 bits per heavy atom. The topological polar surface area (TPSA) is 29.4 Å². The van der Waals surface area contributed by atoms with Gasteiger partial charge in [0.15, 0.2) is 0 Å². The van der Waals surface area contributed by atoms with Crippen LogP contribution in [-0.2, 0) is 4.79 Å². The average molecular weight is 235 g/mol. The lowest BCUT2D eigenvalue weighted by Crippen LogP contribution is -2.09. The van der Waals surface area contributed by atoms with E-state index in [0.29, 0.717) is 11.8 Å². The summed E-state index contributed by atoms with van der Waals surface area (Å²) in [4.78, 5) is 15.3. The SMILES string of the molecule is CC(=O)CCCC/C=C/C=NC1CCCCC1. The van der Waals surface area contributed by atoms with E-state index < -0.39 is 0 Å². The first-order chi connectivity index (χ1) is 8.29. The molecule has 1 rings (SSSR count). The molecule has 0 unspecified atom stereocenters. The fourth-order valence-electron chi connectivity index (χ4n) is 2.19. The minimum Gasteiger partial charge on any atom is -0.300 e. The molecule has 96 valence electrons. The van der Waals surface area contributed by atoms with E-state index in [9.17, 15) is 4.79 Å². The first-order valence-corrected chi connectivity index (χ1v) is 6.97. The molecule has 0 saturated heterocycles. The van der Waals surface area contributed by atoms with Crippen LogP contribution >= 0.6 is 0 Å². The van der Waals surface area contributed by atoms with Crippen molar-refractivity contribution in [3.05, 3.63) is 12.2 Å². The molecule has 2 heteroatoms. The van der Waals surface area contributed by atoms with Crippen LogP contribution < -0.4 is 0 Å². The number of rotatable bonds is 7. The van der Waals surface area contributed by atoms with E-state index >= 15 is 0 Å². The summed E-state index contributed by atoms with van der Waals surface area (Å²) in [7, 11) is 0. The van der Waals surface area contributed by atoms with E-state index in [1.807, 2.05) is 6.21 Å². The normalized spacial score (nSPS) is 18.2. The van der Waals surface area contributed by atoms with Crippen molar-refractivity contribution in [2.75, 3.05) is 0 Å². The summed E-state index contributed by atoms with van der Waals surface area (Å²) >= 11 is 0. The lowest BCUT2D eigenvalue weighted by atomic mass is 9.96. The molecule has 0 bridgehead atoms. The molecule has 0 aliphatic heterocycles. The fourth-order valence-corrected chi connectivity index (χ4v) is 2.19. The first-order valence-electron chi connectivity index (χ1n) is 6.97. The Bertz CT molecular complexity index is 262. The number of Topliss-reactive ketones (excluding diaryl/α,β-unsaturated/α-hetero) is 1. The summed E-state index contributed by atoms with van der Waals surface area (Å²) in [6.45, 7) is 1.66. The lowest BCUT2D eigenvalue weighted by Gasteiger charge is -2.16. The maximum atomic E-state index is 10.7. The fraction of sp³-hybridized carbons (Fsp3) is 0.733. The molecule has 0 heterocycles. The van der Waals surface area contributed by atoms with Crippen molar-refractivity contribution in [2.45, 2.75) is 70.8 Å². The van der Waals surface area contributed by atoms with Crippen LogP contribution in [0, 0.1) is 0 Å². The quantitative estimate of drug-likeness (QED) is 0.482. The summed E-state index contributed by atoms with van der Waals surface area (Å²) in [6, 6.07) is 0.575. The van der Waals surface area contributed by atoms with Crippen LogP contribution in [0.25, 0.3) is 0 Å². The van der Waals surface area contributed by atoms with Gasteiger partial charge < -0.3 is 4.79 Å². The van der Waals surface area contributed by atoms with Gasteiger partial charge in [-0.05, 0) is 45.1 Å². The zero-order valence-electron chi connectivity index (χ0n) is 11.0. The lowest BCUT2D eigenvalue weighted by molar-refractivity contribution is -0.117. The van der Waals surface area contributed by atoms with Gasteiger partial charge in [0.05, 0.1) is 0 Å². The van der Waals surface area contributed by atoms with Crippen molar-refractivity contribution >= 4 is 12.0 Å². The average Bonchev–Trinajstić information content (AvgIpc) is 2.33. The van der Waals surface area contributed by atoms with Crippen molar-refractivity contribution in [1.29, 1.82) is 0 Å². The molecular formula is C15H25NO. The Morgan fingerprint density at radius 3 is 2.71 bits per heavy atom. The molecule has 1 saturated carbocycles. The van der Waals surface area contributed by atoms with E-state index in [1.54, 1.807) is 6.92 Å². The zero-order valence-corrected chi connectivity index (χ0v) is 11.0. The summed E-state index contributed by atoms with van der Waals surface area (Å²) < 4.78 is 0. The summed E-state index contributed by atoms with van der Waals surface area (Å²) in [5.41, 5.74) is 0. The van der Waals surface area contributed by atoms with Crippen molar-refractivity contribution in [3.8, 4) is 0 Å². The van der Waals surface area contributed by atoms with Gasteiger partial charge in [0.25, 0.3) is 0 Å². The third-order valence-electron chi connectivity index (χ3n) is 3.24. The number of hydrogen-bond donors (Lipinski definition) is 0. The molecule has 0 aromatic carbocycles. The van der Waals surface area contributed by atoms with Gasteiger partial charge in [-0.1, -0.05) is 25.3 Å². The standard InChI is InChI=1S/C15H25NO/c1-14(17)10-6-3-2-4-9-13-16-15-11-7-5-8-12-15/h4,9,13,15H,2-3,5-8,10-12H2,1H3/b9-4+,16-13?. The second-order valence-electron chi connectivity index (χ2n) is 4.97. The Kier molecular flexibility index (Phi) is 7.61. The van der Waals surface area contributed by atoms with E-state index in [2.05, 4.69) is 17.1 Å². The monoisotopic (exact) mass is 235 g/mol. The van der Waals surface area contributed by atoms with E-state index in [-0.39, 0.29) is 0 Å². The minimum atomic E-state index is 0.299. The third kappa shape index (κ3) is 7.89. The third-order valence-corrected chi connectivity index (χ3v) is 3.24. The van der Waals surface area contributed by atoms with Gasteiger partial charge in [-0.25, -0.2) is 0 Å². The summed E-state index contributed by atoms with van der Waals surface area (Å²) in [5, 5.41) is 0. The van der Waals surface area contributed by atoms with Crippen LogP contribution in [0.15, 0.2) is 17.1 Å². The first kappa shape index (κ1) is 14.1. The van der Waals surface area contributed by atoms with Crippen molar-refractivity contribution in [1.82, 2.24) is 0 Å². The molecule has 1 aliphatic rings. The number of carbonyl (C=O) groups excluding carboxylic acids is 1. The highest BCUT2D eigenvalue weighted by Gasteiger charge is 2.09. The zero-order chi connectivity index (χ0) is 12.3. The molecule has 0 spiro atoms. The van der Waals surface area contributed by atoms with Gasteiger partial charge >= 0.3 is 0 Å². The highest BCUT2D eigenvalue weighted by atomic mass is 16.1. The van der Waals surface area contributed by atoms with Crippen molar-refractivity contribution in [3.63, 3.8) is 0 Å². The number of hydrogen-bond acceptors (Lipinski definition) is 2. The van der Waals surface area contributed by atoms with Crippen LogP contribution in [0.5, 0.6) is 0 Å². The van der Waals surface area contributed by atoms with Gasteiger partial charge in [0.1, 0.15) is 5.78 Å². The van der Waals surface area contributed by atoms with Gasteiger partial charge in [-0.3, -0.25) is 4.99 Å². The summed E-state index contributed by atoms with van der Waals surface area (Å²) in [5.74, 6) is 0.299. The molecule has 17 heavy (non-hydrogen) atoms. The maximum Gasteiger partial charge on any atom is 0.129 e. The smallest absolute Gasteiger partial charge is 0.129 e. The molecule has 1 aliphatic carbocycles. The Balaban J connectivity index is 2.00. The largest absolute Gasteiger partial charge is 0.300 e. The number of allylic oxidation sites excluding steroid dienone is 2. The van der Waals surface area contributed by atoms with Gasteiger partial charge in [-0.15, -0.1) is 0 Å². The van der Waals surface area contributed by atoms with Gasteiger partial charge in [0.2, 0.25) is 0 Å². The van der Waals surface area contributed by atoms with Crippen LogP contribution in [0.2, 0.25) is 0 Å². The second kappa shape index (κ2) is 9.15. The summed E-state index contributed by atoms with van der Waals surface area (Å²) in [6.07, 6.45) is 16.7. The predicted molar refractivity (Wildman–Crippen MR) is 73.7 cm³/mol. The van der Waals surface area contributed by atoms with Gasteiger partial charge in [-0.2, -0.15) is 0 Å². The van der Waals surface area contributed by atoms with Gasteiger partial charge in [0, 0.05) is 18.7 Å². The highest BCUT2D eigenvalue weighted by molar-refractivity contribution is 5.75. The number of ketones is 1. The highest BCUT2D eigenvalue weighted by Crippen LogP contribution is 2.19. The molecule has 0 atom stereocenters. The Labute approximate surface area is 105 Å². The molecular weight excluding hydrogens is 210 g/mol. The molecule has 2 nitrogen and oxygen atoms in total. The number of nitrogens with zero attached hydrogens (tertiary/aromatic N) is 1. The number of unbranched alkanes of at least 4 members (excludes halogenated alkanes) is 2. The van der Waals surface area contributed by atoms with Crippen LogP contribution in [0.1, 0.15) is 64.7 Å². The molecule has 0 N–H and O–H groups in total. The predicted octanol–water partition coefficient (Wildman–Crippen LogP) is 4.10. The Hall–Kier alpha value is -0.920. The van der Waals surface area contributed by atoms with Crippen molar-refractivity contribution < 1.29 is 4.79 Å². The van der Waals surface area contributed by atoms with E-state index in [1.165, 1.54) is 32.1 Å². The van der Waals surface area contributed by atoms with Crippen LogP contribution in [0.3, 0.4) is 0 Å². The molecule has 1 fully saturated rings. The van der Waals surface area contributed by atoms with E-state index in [4.69, 9.17) is 0 Å². The van der Waals surface area contributed by atoms with Crippen molar-refractivity contribution in [2.24, 2.45) is 4.99 Å². The van der Waals surface area contributed by atoms with E-state index in [0.717, 1.165) is 25.7 Å². The molecule has 0 aromatic heterocycles. The number of carbonyl (C=O) groups is 1. The molecule has 0 amide bonds. The molecule has 0 radical (unpaired) electrons. The Morgan fingerprint density at radius 2 is 2.00 bits per heavy atom. The maximum absolute atomic E-state index is 10.7. The second-order valence-corrected chi connectivity index (χ2v) is 4.97. The molecule has 0 aromatic rings. The van der Waals surface area contributed by atoms with Crippen LogP contribution in [-0.4, -0.2) is 18.0 Å². The van der Waals surface area contributed by atoms with Crippen LogP contribution in [0.4, 0.5) is 0 Å². The number of aliphatic imine (C=N–C) groups is 1.